The predicted octanol–water partition coefficient (Wildman–Crippen LogP) is 2.55. The first-order valence-electron chi connectivity index (χ1n) is 4.66. The van der Waals surface area contributed by atoms with Gasteiger partial charge in [-0.2, -0.15) is 0 Å². The SMILES string of the molecule is Fc1ccc(-c2nc(C3CO3)co2)cc1. The highest BCUT2D eigenvalue weighted by Gasteiger charge is 2.28. The van der Waals surface area contributed by atoms with E-state index in [2.05, 4.69) is 4.98 Å². The van der Waals surface area contributed by atoms with Crippen LogP contribution < -0.4 is 0 Å². The third-order valence-corrected chi connectivity index (χ3v) is 2.28. The number of nitrogens with zero attached hydrogens (tertiary/aromatic N) is 1. The summed E-state index contributed by atoms with van der Waals surface area (Å²) in [5.74, 6) is 0.233. The molecule has 0 saturated carbocycles. The summed E-state index contributed by atoms with van der Waals surface area (Å²) in [5.41, 5.74) is 1.57. The van der Waals surface area contributed by atoms with Gasteiger partial charge >= 0.3 is 0 Å². The molecular weight excluding hydrogens is 197 g/mol. The molecule has 3 rings (SSSR count). The van der Waals surface area contributed by atoms with Crippen molar-refractivity contribution in [3.63, 3.8) is 0 Å². The molecule has 1 aliphatic rings. The molecule has 15 heavy (non-hydrogen) atoms. The third kappa shape index (κ3) is 1.64. The van der Waals surface area contributed by atoms with E-state index in [9.17, 15) is 4.39 Å². The van der Waals surface area contributed by atoms with Gasteiger partial charge in [0.1, 0.15) is 23.9 Å². The minimum absolute atomic E-state index is 0.0861. The van der Waals surface area contributed by atoms with Gasteiger partial charge in [0.05, 0.1) is 6.61 Å². The van der Waals surface area contributed by atoms with Crippen LogP contribution in [-0.4, -0.2) is 11.6 Å². The summed E-state index contributed by atoms with van der Waals surface area (Å²) >= 11 is 0. The Bertz CT molecular complexity index is 474. The monoisotopic (exact) mass is 205 g/mol. The first kappa shape index (κ1) is 8.61. The Morgan fingerprint density at radius 1 is 1.27 bits per heavy atom. The van der Waals surface area contributed by atoms with E-state index in [1.54, 1.807) is 18.4 Å². The summed E-state index contributed by atoms with van der Waals surface area (Å²) < 4.78 is 23.0. The van der Waals surface area contributed by atoms with Crippen molar-refractivity contribution < 1.29 is 13.5 Å². The summed E-state index contributed by atoms with van der Waals surface area (Å²) in [7, 11) is 0. The van der Waals surface area contributed by atoms with E-state index in [-0.39, 0.29) is 11.9 Å². The van der Waals surface area contributed by atoms with Crippen LogP contribution in [0.25, 0.3) is 11.5 Å². The van der Waals surface area contributed by atoms with E-state index in [1.807, 2.05) is 0 Å². The van der Waals surface area contributed by atoms with Gasteiger partial charge in [-0.1, -0.05) is 0 Å². The lowest BCUT2D eigenvalue weighted by Crippen LogP contribution is -1.82. The summed E-state index contributed by atoms with van der Waals surface area (Å²) in [4.78, 5) is 4.26. The Kier molecular flexibility index (Phi) is 1.82. The average molecular weight is 205 g/mol. The fourth-order valence-electron chi connectivity index (χ4n) is 1.38. The Morgan fingerprint density at radius 2 is 2.00 bits per heavy atom. The van der Waals surface area contributed by atoms with Crippen molar-refractivity contribution in [1.82, 2.24) is 4.98 Å². The van der Waals surface area contributed by atoms with Gasteiger partial charge in [-0.3, -0.25) is 0 Å². The van der Waals surface area contributed by atoms with Crippen molar-refractivity contribution in [3.8, 4) is 11.5 Å². The number of benzene rings is 1. The van der Waals surface area contributed by atoms with Gasteiger partial charge in [-0.15, -0.1) is 0 Å². The minimum Gasteiger partial charge on any atom is -0.444 e. The first-order chi connectivity index (χ1) is 7.33. The van der Waals surface area contributed by atoms with Crippen LogP contribution in [0.3, 0.4) is 0 Å². The summed E-state index contributed by atoms with van der Waals surface area (Å²) in [5, 5.41) is 0. The second kappa shape index (κ2) is 3.17. The van der Waals surface area contributed by atoms with E-state index >= 15 is 0 Å². The second-order valence-electron chi connectivity index (χ2n) is 3.41. The van der Waals surface area contributed by atoms with E-state index in [1.165, 1.54) is 12.1 Å². The normalized spacial score (nSPS) is 19.1. The van der Waals surface area contributed by atoms with Crippen molar-refractivity contribution >= 4 is 0 Å². The number of hydrogen-bond donors (Lipinski definition) is 0. The van der Waals surface area contributed by atoms with E-state index in [4.69, 9.17) is 9.15 Å². The molecule has 1 saturated heterocycles. The van der Waals surface area contributed by atoms with E-state index in [0.717, 1.165) is 11.3 Å². The molecule has 0 amide bonds. The summed E-state index contributed by atoms with van der Waals surface area (Å²) in [6, 6.07) is 6.04. The molecule has 1 atom stereocenters. The van der Waals surface area contributed by atoms with Gasteiger partial charge in [-0.05, 0) is 24.3 Å². The molecule has 2 heterocycles. The molecule has 0 N–H and O–H groups in total. The van der Waals surface area contributed by atoms with Crippen molar-refractivity contribution in [1.29, 1.82) is 0 Å². The highest BCUT2D eigenvalue weighted by Crippen LogP contribution is 2.30. The van der Waals surface area contributed by atoms with E-state index in [0.29, 0.717) is 12.5 Å². The molecule has 2 aromatic rings. The topological polar surface area (TPSA) is 38.6 Å². The molecule has 1 unspecified atom stereocenters. The van der Waals surface area contributed by atoms with Gasteiger partial charge in [0.15, 0.2) is 0 Å². The first-order valence-corrected chi connectivity index (χ1v) is 4.66. The molecule has 1 aromatic carbocycles. The zero-order valence-electron chi connectivity index (χ0n) is 7.81. The van der Waals surface area contributed by atoms with E-state index < -0.39 is 0 Å². The largest absolute Gasteiger partial charge is 0.444 e. The molecule has 0 radical (unpaired) electrons. The summed E-state index contributed by atoms with van der Waals surface area (Å²) in [6.45, 7) is 0.704. The number of ether oxygens (including phenoxy) is 1. The fraction of sp³-hybridized carbons (Fsp3) is 0.182. The minimum atomic E-state index is -0.268. The molecule has 1 aliphatic heterocycles. The zero-order chi connectivity index (χ0) is 10.3. The van der Waals surface area contributed by atoms with Crippen LogP contribution in [0, 0.1) is 5.82 Å². The van der Waals surface area contributed by atoms with Crippen LogP contribution >= 0.6 is 0 Å². The van der Waals surface area contributed by atoms with Gasteiger partial charge in [0.2, 0.25) is 5.89 Å². The van der Waals surface area contributed by atoms with Gasteiger partial charge < -0.3 is 9.15 Å². The van der Waals surface area contributed by atoms with Crippen molar-refractivity contribution in [2.24, 2.45) is 0 Å². The maximum Gasteiger partial charge on any atom is 0.226 e. The highest BCUT2D eigenvalue weighted by molar-refractivity contribution is 5.52. The number of oxazole rings is 1. The second-order valence-corrected chi connectivity index (χ2v) is 3.41. The van der Waals surface area contributed by atoms with Crippen molar-refractivity contribution in [3.05, 3.63) is 42.0 Å². The molecular formula is C11H8FNO2. The lowest BCUT2D eigenvalue weighted by molar-refractivity contribution is 0.410. The molecule has 76 valence electrons. The molecule has 1 fully saturated rings. The van der Waals surface area contributed by atoms with Crippen LogP contribution in [0.5, 0.6) is 0 Å². The number of hydrogen-bond acceptors (Lipinski definition) is 3. The molecule has 1 aromatic heterocycles. The van der Waals surface area contributed by atoms with Crippen LogP contribution in [0.15, 0.2) is 34.9 Å². The molecule has 0 spiro atoms. The zero-order valence-corrected chi connectivity index (χ0v) is 7.81. The van der Waals surface area contributed by atoms with Gasteiger partial charge in [0, 0.05) is 5.56 Å². The number of aromatic nitrogens is 1. The predicted molar refractivity (Wildman–Crippen MR) is 50.6 cm³/mol. The molecule has 3 nitrogen and oxygen atoms in total. The number of halogens is 1. The Balaban J connectivity index is 1.93. The summed E-state index contributed by atoms with van der Waals surface area (Å²) in [6.07, 6.45) is 1.67. The molecule has 0 aliphatic carbocycles. The van der Waals surface area contributed by atoms with Crippen LogP contribution in [0.2, 0.25) is 0 Å². The highest BCUT2D eigenvalue weighted by atomic mass is 19.1. The van der Waals surface area contributed by atoms with Crippen LogP contribution in [0.1, 0.15) is 11.8 Å². The van der Waals surface area contributed by atoms with Crippen LogP contribution in [0.4, 0.5) is 4.39 Å². The average Bonchev–Trinajstić information content (AvgIpc) is 2.99. The fourth-order valence-corrected chi connectivity index (χ4v) is 1.38. The molecule has 4 heteroatoms. The Labute approximate surface area is 85.5 Å². The smallest absolute Gasteiger partial charge is 0.226 e. The maximum atomic E-state index is 12.7. The Hall–Kier alpha value is -1.68. The standard InChI is InChI=1S/C11H8FNO2/c12-8-3-1-7(2-4-8)11-13-9(5-15-11)10-6-14-10/h1-5,10H,6H2. The van der Waals surface area contributed by atoms with Crippen molar-refractivity contribution in [2.45, 2.75) is 6.10 Å². The van der Waals surface area contributed by atoms with Gasteiger partial charge in [-0.25, -0.2) is 9.37 Å². The number of epoxide rings is 1. The number of rotatable bonds is 2. The molecule has 0 bridgehead atoms. The maximum absolute atomic E-state index is 12.7. The van der Waals surface area contributed by atoms with Gasteiger partial charge in [0.25, 0.3) is 0 Å². The van der Waals surface area contributed by atoms with Crippen LogP contribution in [-0.2, 0) is 4.74 Å². The Morgan fingerprint density at radius 3 is 2.67 bits per heavy atom. The lowest BCUT2D eigenvalue weighted by Gasteiger charge is -1.93. The lowest BCUT2D eigenvalue weighted by atomic mass is 10.2. The van der Waals surface area contributed by atoms with Crippen molar-refractivity contribution in [2.75, 3.05) is 6.61 Å². The quantitative estimate of drug-likeness (QED) is 0.707. The third-order valence-electron chi connectivity index (χ3n) is 2.28.